The summed E-state index contributed by atoms with van der Waals surface area (Å²) in [7, 11) is 2.00. The third-order valence-corrected chi connectivity index (χ3v) is 5.75. The van der Waals surface area contributed by atoms with Crippen LogP contribution in [0.1, 0.15) is 43.8 Å². The molecule has 140 valence electrons. The van der Waals surface area contributed by atoms with Crippen molar-refractivity contribution >= 4 is 29.9 Å². The van der Waals surface area contributed by atoms with Gasteiger partial charge in [-0.15, -0.1) is 34.2 Å². The maximum atomic E-state index is 5.56. The van der Waals surface area contributed by atoms with Crippen LogP contribution in [0.4, 0.5) is 0 Å². The lowest BCUT2D eigenvalue weighted by atomic mass is 9.80. The Hall–Kier alpha value is -0.900. The molecule has 1 saturated carbocycles. The van der Waals surface area contributed by atoms with Crippen molar-refractivity contribution in [3.63, 3.8) is 0 Å². The van der Waals surface area contributed by atoms with Crippen LogP contribution in [-0.2, 0) is 18.3 Å². The smallest absolute Gasteiger partial charge is 0.194 e. The van der Waals surface area contributed by atoms with Gasteiger partial charge in [0.25, 0.3) is 0 Å². The molecule has 2 saturated heterocycles. The number of hydrogen-bond donors (Lipinski definition) is 1. The Morgan fingerprint density at radius 1 is 1.28 bits per heavy atom. The number of rotatable bonds is 3. The van der Waals surface area contributed by atoms with Gasteiger partial charge in [0.1, 0.15) is 12.4 Å². The molecule has 8 heteroatoms. The first-order chi connectivity index (χ1) is 11.7. The molecule has 7 nitrogen and oxygen atoms in total. The molecule has 0 radical (unpaired) electrons. The molecule has 25 heavy (non-hydrogen) atoms. The molecule has 1 aromatic heterocycles. The molecule has 0 unspecified atom stereocenters. The van der Waals surface area contributed by atoms with Crippen molar-refractivity contribution in [1.29, 1.82) is 0 Å². The first-order valence-electron chi connectivity index (χ1n) is 9.14. The predicted molar refractivity (Wildman–Crippen MR) is 107 cm³/mol. The first kappa shape index (κ1) is 18.9. The molecule has 1 aromatic rings. The Bertz CT molecular complexity index is 621. The SMILES string of the molecule is Cc1nnc(CN=C(NC2CC2)N2CCC3(CCOCC3)C2)n1C.I. The number of aliphatic imine (C=N–C) groups is 1. The van der Waals surface area contributed by atoms with Crippen molar-refractivity contribution in [3.8, 4) is 0 Å². The summed E-state index contributed by atoms with van der Waals surface area (Å²) in [5.74, 6) is 2.91. The summed E-state index contributed by atoms with van der Waals surface area (Å²) in [6.45, 7) is 6.57. The highest BCUT2D eigenvalue weighted by atomic mass is 127. The van der Waals surface area contributed by atoms with Gasteiger partial charge in [-0.05, 0) is 44.4 Å². The summed E-state index contributed by atoms with van der Waals surface area (Å²) in [6.07, 6.45) is 6.14. The fourth-order valence-corrected chi connectivity index (χ4v) is 3.71. The molecule has 3 aliphatic rings. The van der Waals surface area contributed by atoms with E-state index in [4.69, 9.17) is 9.73 Å². The van der Waals surface area contributed by atoms with Crippen molar-refractivity contribution < 1.29 is 4.74 Å². The van der Waals surface area contributed by atoms with Gasteiger partial charge in [-0.25, -0.2) is 4.99 Å². The van der Waals surface area contributed by atoms with E-state index >= 15 is 0 Å². The summed E-state index contributed by atoms with van der Waals surface area (Å²) in [4.78, 5) is 7.34. The molecule has 0 bridgehead atoms. The van der Waals surface area contributed by atoms with E-state index in [2.05, 4.69) is 20.4 Å². The van der Waals surface area contributed by atoms with E-state index in [-0.39, 0.29) is 24.0 Å². The predicted octanol–water partition coefficient (Wildman–Crippen LogP) is 1.85. The second-order valence-corrected chi connectivity index (χ2v) is 7.56. The highest BCUT2D eigenvalue weighted by molar-refractivity contribution is 14.0. The molecular weight excluding hydrogens is 431 g/mol. The van der Waals surface area contributed by atoms with Crippen molar-refractivity contribution in [3.05, 3.63) is 11.6 Å². The molecule has 1 N–H and O–H groups in total. The fourth-order valence-electron chi connectivity index (χ4n) is 3.71. The van der Waals surface area contributed by atoms with E-state index in [1.165, 1.54) is 32.1 Å². The number of aryl methyl sites for hydroxylation is 1. The summed E-state index contributed by atoms with van der Waals surface area (Å²) in [5.41, 5.74) is 0.436. The number of aromatic nitrogens is 3. The molecule has 0 aromatic carbocycles. The largest absolute Gasteiger partial charge is 0.381 e. The fraction of sp³-hybridized carbons (Fsp3) is 0.824. The lowest BCUT2D eigenvalue weighted by Gasteiger charge is -2.33. The third kappa shape index (κ3) is 4.27. The molecule has 3 heterocycles. The lowest BCUT2D eigenvalue weighted by molar-refractivity contribution is 0.0217. The van der Waals surface area contributed by atoms with E-state index in [1.54, 1.807) is 0 Å². The maximum absolute atomic E-state index is 5.56. The quantitative estimate of drug-likeness (QED) is 0.424. The van der Waals surface area contributed by atoms with Crippen molar-refractivity contribution in [2.75, 3.05) is 26.3 Å². The van der Waals surface area contributed by atoms with Gasteiger partial charge in [-0.2, -0.15) is 0 Å². The van der Waals surface area contributed by atoms with E-state index in [0.29, 0.717) is 18.0 Å². The zero-order chi connectivity index (χ0) is 16.6. The summed E-state index contributed by atoms with van der Waals surface area (Å²) < 4.78 is 7.58. The topological polar surface area (TPSA) is 67.6 Å². The molecule has 1 aliphatic carbocycles. The van der Waals surface area contributed by atoms with Crippen molar-refractivity contribution in [2.24, 2.45) is 17.5 Å². The standard InChI is InChI=1S/C17H28N6O.HI/c1-13-20-21-15(22(13)2)11-18-16(19-14-3-4-14)23-8-5-17(12-23)6-9-24-10-7-17;/h14H,3-12H2,1-2H3,(H,18,19);1H. The van der Waals surface area contributed by atoms with Crippen LogP contribution in [0.5, 0.6) is 0 Å². The van der Waals surface area contributed by atoms with Gasteiger partial charge in [0.2, 0.25) is 0 Å². The number of likely N-dealkylation sites (tertiary alicyclic amines) is 1. The highest BCUT2D eigenvalue weighted by Crippen LogP contribution is 2.39. The second kappa shape index (κ2) is 7.77. The molecular formula is C17H29IN6O. The normalized spacial score (nSPS) is 23.0. The number of hydrogen-bond acceptors (Lipinski definition) is 4. The van der Waals surface area contributed by atoms with Gasteiger partial charge in [0.15, 0.2) is 11.8 Å². The van der Waals surface area contributed by atoms with Crippen LogP contribution in [0.25, 0.3) is 0 Å². The van der Waals surface area contributed by atoms with Crippen LogP contribution >= 0.6 is 24.0 Å². The van der Waals surface area contributed by atoms with E-state index in [1.807, 2.05) is 18.5 Å². The zero-order valence-electron chi connectivity index (χ0n) is 15.2. The highest BCUT2D eigenvalue weighted by Gasteiger charge is 2.41. The monoisotopic (exact) mass is 460 g/mol. The molecule has 1 spiro atoms. The van der Waals surface area contributed by atoms with E-state index in [0.717, 1.165) is 43.9 Å². The summed E-state index contributed by atoms with van der Waals surface area (Å²) in [6, 6.07) is 0.608. The van der Waals surface area contributed by atoms with Gasteiger partial charge in [-0.3, -0.25) is 0 Å². The number of nitrogens with one attached hydrogen (secondary N) is 1. The first-order valence-corrected chi connectivity index (χ1v) is 9.14. The van der Waals surface area contributed by atoms with Gasteiger partial charge in [0.05, 0.1) is 0 Å². The number of guanidine groups is 1. The molecule has 0 amide bonds. The van der Waals surface area contributed by atoms with Crippen LogP contribution in [0.3, 0.4) is 0 Å². The molecule has 2 aliphatic heterocycles. The minimum atomic E-state index is 0. The molecule has 0 atom stereocenters. The summed E-state index contributed by atoms with van der Waals surface area (Å²) in [5, 5.41) is 12.0. The minimum Gasteiger partial charge on any atom is -0.381 e. The Labute approximate surface area is 166 Å². The van der Waals surface area contributed by atoms with Crippen LogP contribution < -0.4 is 5.32 Å². The number of halogens is 1. The number of ether oxygens (including phenoxy) is 1. The van der Waals surface area contributed by atoms with Gasteiger partial charge < -0.3 is 19.5 Å². The van der Waals surface area contributed by atoms with Crippen LogP contribution in [-0.4, -0.2) is 58.0 Å². The van der Waals surface area contributed by atoms with Crippen molar-refractivity contribution in [2.45, 2.75) is 51.6 Å². The van der Waals surface area contributed by atoms with Gasteiger partial charge in [-0.1, -0.05) is 0 Å². The van der Waals surface area contributed by atoms with Gasteiger partial charge >= 0.3 is 0 Å². The lowest BCUT2D eigenvalue weighted by Crippen LogP contribution is -2.43. The molecule has 4 rings (SSSR count). The Morgan fingerprint density at radius 3 is 2.68 bits per heavy atom. The zero-order valence-corrected chi connectivity index (χ0v) is 17.5. The summed E-state index contributed by atoms with van der Waals surface area (Å²) >= 11 is 0. The van der Waals surface area contributed by atoms with E-state index in [9.17, 15) is 0 Å². The number of nitrogens with zero attached hydrogens (tertiary/aromatic N) is 5. The van der Waals surface area contributed by atoms with Crippen LogP contribution in [0.2, 0.25) is 0 Å². The van der Waals surface area contributed by atoms with Crippen molar-refractivity contribution in [1.82, 2.24) is 25.0 Å². The van der Waals surface area contributed by atoms with E-state index < -0.39 is 0 Å². The minimum absolute atomic E-state index is 0. The Morgan fingerprint density at radius 2 is 2.04 bits per heavy atom. The third-order valence-electron chi connectivity index (χ3n) is 5.75. The molecule has 3 fully saturated rings. The Balaban J connectivity index is 0.00000182. The average molecular weight is 460 g/mol. The van der Waals surface area contributed by atoms with Crippen LogP contribution in [0.15, 0.2) is 4.99 Å². The average Bonchev–Trinajstić information content (AvgIpc) is 3.25. The Kier molecular flexibility index (Phi) is 5.87. The maximum Gasteiger partial charge on any atom is 0.194 e. The second-order valence-electron chi connectivity index (χ2n) is 7.56. The van der Waals surface area contributed by atoms with Gasteiger partial charge in [0, 0.05) is 39.4 Å². The van der Waals surface area contributed by atoms with Crippen LogP contribution in [0, 0.1) is 12.3 Å².